The Morgan fingerprint density at radius 1 is 0.778 bits per heavy atom. The van der Waals surface area contributed by atoms with Gasteiger partial charge >= 0.3 is 11.9 Å². The molecule has 4 amide bonds. The molecule has 2 aromatic carbocycles. The van der Waals surface area contributed by atoms with Crippen LogP contribution in [0.5, 0.6) is 11.5 Å². The van der Waals surface area contributed by atoms with Gasteiger partial charge in [-0.2, -0.15) is 12.6 Å². The van der Waals surface area contributed by atoms with Gasteiger partial charge in [0, 0.05) is 36.9 Å². The van der Waals surface area contributed by atoms with Crippen LogP contribution in [-0.2, 0) is 38.2 Å². The summed E-state index contributed by atoms with van der Waals surface area (Å²) in [7, 11) is 5.91. The molecule has 292 valence electrons. The first kappa shape index (κ1) is 45.3. The van der Waals surface area contributed by atoms with Crippen LogP contribution in [0.2, 0.25) is 0 Å². The van der Waals surface area contributed by atoms with Crippen molar-refractivity contribution in [2.75, 3.05) is 53.0 Å². The quantitative estimate of drug-likeness (QED) is 0.186. The molecular weight excluding hydrogens is 733 g/mol. The average Bonchev–Trinajstić information content (AvgIpc) is 3.17. The number of ether oxygens (including phenoxy) is 4. The highest BCUT2D eigenvalue weighted by atomic mass is 32.2. The van der Waals surface area contributed by atoms with Crippen molar-refractivity contribution in [3.8, 4) is 11.5 Å². The molecule has 0 aliphatic carbocycles. The first-order valence-electron chi connectivity index (χ1n) is 17.1. The van der Waals surface area contributed by atoms with E-state index in [0.717, 1.165) is 44.9 Å². The first-order chi connectivity index (χ1) is 25.7. The number of carbonyl (C=O) groups is 6. The Kier molecular flexibility index (Phi) is 19.4. The van der Waals surface area contributed by atoms with Gasteiger partial charge in [0.2, 0.25) is 5.91 Å². The fourth-order valence-corrected chi connectivity index (χ4v) is 6.29. The highest BCUT2D eigenvalue weighted by Crippen LogP contribution is 2.27. The Balaban J connectivity index is 0.000000331. The molecule has 1 unspecified atom stereocenters. The zero-order chi connectivity index (χ0) is 40.4. The van der Waals surface area contributed by atoms with Crippen LogP contribution in [-0.4, -0.2) is 104 Å². The normalized spacial score (nSPS) is 15.2. The zero-order valence-electron chi connectivity index (χ0n) is 32.1. The van der Waals surface area contributed by atoms with Crippen molar-refractivity contribution >= 4 is 72.1 Å². The molecule has 0 spiro atoms. The summed E-state index contributed by atoms with van der Waals surface area (Å²) >= 11 is 5.02. The summed E-state index contributed by atoms with van der Waals surface area (Å²) in [6, 6.07) is 7.70. The molecule has 12 nitrogen and oxygen atoms in total. The second-order valence-electron chi connectivity index (χ2n) is 12.1. The van der Waals surface area contributed by atoms with Crippen LogP contribution in [0.1, 0.15) is 52.6 Å². The molecule has 2 heterocycles. The van der Waals surface area contributed by atoms with Crippen molar-refractivity contribution < 1.29 is 47.7 Å². The summed E-state index contributed by atoms with van der Waals surface area (Å²) in [4.78, 5) is 72.0. The molecule has 2 aliphatic rings. The summed E-state index contributed by atoms with van der Waals surface area (Å²) in [6.45, 7) is 8.75. The van der Waals surface area contributed by atoms with Gasteiger partial charge in [-0.15, -0.1) is 11.8 Å². The van der Waals surface area contributed by atoms with Gasteiger partial charge in [-0.25, -0.2) is 0 Å². The van der Waals surface area contributed by atoms with Crippen LogP contribution >= 0.6 is 24.4 Å². The lowest BCUT2D eigenvalue weighted by Gasteiger charge is -2.29. The van der Waals surface area contributed by atoms with Crippen molar-refractivity contribution in [3.63, 3.8) is 0 Å². The minimum Gasteiger partial charge on any atom is -0.496 e. The zero-order valence-corrected chi connectivity index (χ0v) is 33.8. The van der Waals surface area contributed by atoms with E-state index in [1.807, 2.05) is 52.0 Å². The van der Waals surface area contributed by atoms with Crippen molar-refractivity contribution in [2.45, 2.75) is 52.2 Å². The average molecular weight is 783 g/mol. The molecule has 4 rings (SSSR count). The number of carbonyl (C=O) groups excluding carboxylic acids is 6. The smallest absolute Gasteiger partial charge is 0.315 e. The Bertz CT molecular complexity index is 1760. The van der Waals surface area contributed by atoms with E-state index < -0.39 is 0 Å². The van der Waals surface area contributed by atoms with Gasteiger partial charge in [-0.1, -0.05) is 18.2 Å². The molecule has 0 aromatic heterocycles. The number of thiol groups is 1. The molecule has 2 aliphatic heterocycles. The van der Waals surface area contributed by atoms with E-state index in [-0.39, 0.29) is 58.7 Å². The standard InChI is InChI=1S/C20H25NO5S.C17H19NO3.C3H6O2S/c1-13-9-15(10-17(25-3)14(13)2)5-6-18(22)21-8-7-16(11-19(21)23)27-12-20(24)26-4;1-12-10-14(11-15(21-3)13(12)2)7-8-17(20)18-9-5-4-6-16(18)19;1-5-3(4)2-6/h5-6,9-10,16H,7-8,11-12H2,1-4H3;4,6-8,10-11H,5,9H2,1-3H3;6H,2H2,1H3/b6-5+;8-7+;. The molecule has 0 bridgehead atoms. The lowest BCUT2D eigenvalue weighted by Crippen LogP contribution is -2.43. The molecule has 2 aromatic rings. The number of hydrogen-bond donors (Lipinski definition) is 1. The number of esters is 2. The van der Waals surface area contributed by atoms with E-state index in [1.165, 1.54) is 54.0 Å². The molecule has 0 radical (unpaired) electrons. The van der Waals surface area contributed by atoms with Crippen LogP contribution in [0.4, 0.5) is 0 Å². The van der Waals surface area contributed by atoms with Crippen LogP contribution in [0.25, 0.3) is 12.2 Å². The molecule has 1 atom stereocenters. The van der Waals surface area contributed by atoms with Gasteiger partial charge in [0.1, 0.15) is 11.5 Å². The number of nitrogens with zero attached hydrogens (tertiary/aromatic N) is 2. The van der Waals surface area contributed by atoms with Gasteiger partial charge in [0.05, 0.1) is 39.9 Å². The maximum Gasteiger partial charge on any atom is 0.315 e. The van der Waals surface area contributed by atoms with Gasteiger partial charge in [-0.05, 0) is 104 Å². The number of benzene rings is 2. The lowest BCUT2D eigenvalue weighted by molar-refractivity contribution is -0.144. The third kappa shape index (κ3) is 14.2. The van der Waals surface area contributed by atoms with Crippen molar-refractivity contribution in [2.24, 2.45) is 0 Å². The summed E-state index contributed by atoms with van der Waals surface area (Å²) in [6.07, 6.45) is 11.1. The second kappa shape index (κ2) is 23.1. The van der Waals surface area contributed by atoms with Gasteiger partial charge in [0.25, 0.3) is 17.7 Å². The number of imide groups is 2. The largest absolute Gasteiger partial charge is 0.496 e. The van der Waals surface area contributed by atoms with E-state index in [1.54, 1.807) is 32.4 Å². The molecule has 0 N–H and O–H groups in total. The highest BCUT2D eigenvalue weighted by molar-refractivity contribution is 8.00. The van der Waals surface area contributed by atoms with E-state index in [2.05, 4.69) is 22.1 Å². The Hall–Kier alpha value is -4.82. The second-order valence-corrected chi connectivity index (χ2v) is 13.7. The van der Waals surface area contributed by atoms with Gasteiger partial charge in [0.15, 0.2) is 0 Å². The monoisotopic (exact) mass is 782 g/mol. The maximum atomic E-state index is 12.4. The Morgan fingerprint density at radius 2 is 1.30 bits per heavy atom. The van der Waals surface area contributed by atoms with E-state index in [0.29, 0.717) is 25.9 Å². The molecular formula is C40H50N2O10S2. The summed E-state index contributed by atoms with van der Waals surface area (Å²) in [5, 5.41) is 0.0358. The number of aryl methyl sites for hydroxylation is 2. The van der Waals surface area contributed by atoms with Crippen molar-refractivity contribution in [1.82, 2.24) is 9.80 Å². The minimum absolute atomic E-state index is 0.0358. The van der Waals surface area contributed by atoms with Gasteiger partial charge < -0.3 is 18.9 Å². The number of methoxy groups -OCH3 is 4. The van der Waals surface area contributed by atoms with E-state index in [9.17, 15) is 28.8 Å². The minimum atomic E-state index is -0.325. The number of piperidine rings is 1. The highest BCUT2D eigenvalue weighted by Gasteiger charge is 2.29. The number of likely N-dealkylation sites (tertiary alicyclic amines) is 1. The molecule has 0 saturated carbocycles. The molecule has 54 heavy (non-hydrogen) atoms. The summed E-state index contributed by atoms with van der Waals surface area (Å²) in [5.74, 6) is 0.254. The molecule has 1 saturated heterocycles. The fraction of sp³-hybridized carbons (Fsp3) is 0.400. The first-order valence-corrected chi connectivity index (χ1v) is 18.8. The maximum absolute atomic E-state index is 12.4. The third-order valence-electron chi connectivity index (χ3n) is 8.54. The topological polar surface area (TPSA) is 146 Å². The number of thioether (sulfide) groups is 1. The third-order valence-corrected chi connectivity index (χ3v) is 10.1. The van der Waals surface area contributed by atoms with Crippen molar-refractivity contribution in [1.29, 1.82) is 0 Å². The fourth-order valence-electron chi connectivity index (χ4n) is 5.14. The predicted molar refractivity (Wildman–Crippen MR) is 214 cm³/mol. The van der Waals surface area contributed by atoms with Crippen molar-refractivity contribution in [3.05, 3.63) is 82.0 Å². The van der Waals surface area contributed by atoms with E-state index in [4.69, 9.17) is 9.47 Å². The summed E-state index contributed by atoms with van der Waals surface area (Å²) < 4.78 is 19.5. The Morgan fingerprint density at radius 3 is 1.72 bits per heavy atom. The summed E-state index contributed by atoms with van der Waals surface area (Å²) in [5.41, 5.74) is 6.03. The predicted octanol–water partition coefficient (Wildman–Crippen LogP) is 5.48. The number of amides is 4. The molecule has 14 heteroatoms. The lowest BCUT2D eigenvalue weighted by atomic mass is 10.0. The Labute approximate surface area is 327 Å². The van der Waals surface area contributed by atoms with Crippen LogP contribution in [0.15, 0.2) is 48.6 Å². The SMILES string of the molecule is COC(=O)CS.COC(=O)CSC1CCN(C(=O)/C=C/c2cc(C)c(C)c(OC)c2)C(=O)C1.COc1cc(/C=C/C(=O)N2CCC=CC2=O)cc(C)c1C. The molecule has 1 fully saturated rings. The van der Waals surface area contributed by atoms with Crippen LogP contribution < -0.4 is 9.47 Å². The van der Waals surface area contributed by atoms with Gasteiger partial charge in [-0.3, -0.25) is 38.6 Å². The van der Waals surface area contributed by atoms with Crippen LogP contribution in [0, 0.1) is 27.7 Å². The van der Waals surface area contributed by atoms with Crippen LogP contribution in [0.3, 0.4) is 0 Å². The van der Waals surface area contributed by atoms with E-state index >= 15 is 0 Å². The number of rotatable bonds is 10. The number of hydrogen-bond acceptors (Lipinski definition) is 12.